The molecule has 0 radical (unpaired) electrons. The molecular formula is C23H38N3O9PS. The van der Waals surface area contributed by atoms with Gasteiger partial charge >= 0.3 is 19.4 Å². The van der Waals surface area contributed by atoms with Gasteiger partial charge in [0.1, 0.15) is 12.3 Å². The maximum Gasteiger partial charge on any atom is 0.406 e. The summed E-state index contributed by atoms with van der Waals surface area (Å²) in [5.41, 5.74) is -1.64. The molecule has 1 saturated heterocycles. The summed E-state index contributed by atoms with van der Waals surface area (Å²) in [6, 6.07) is 0.237. The van der Waals surface area contributed by atoms with E-state index < -0.39 is 48.8 Å². The summed E-state index contributed by atoms with van der Waals surface area (Å²) in [7, 11) is -4.02. The van der Waals surface area contributed by atoms with E-state index in [-0.39, 0.29) is 36.1 Å². The van der Waals surface area contributed by atoms with Gasteiger partial charge in [-0.3, -0.25) is 33.0 Å². The topological polar surface area (TPSA) is 155 Å². The zero-order valence-electron chi connectivity index (χ0n) is 22.3. The van der Waals surface area contributed by atoms with Crippen molar-refractivity contribution in [3.05, 3.63) is 33.1 Å². The van der Waals surface area contributed by atoms with Crippen LogP contribution in [-0.4, -0.2) is 57.9 Å². The van der Waals surface area contributed by atoms with Crippen LogP contribution in [0.4, 0.5) is 0 Å². The highest BCUT2D eigenvalue weighted by Crippen LogP contribution is 2.46. The molecule has 1 aromatic rings. The Hall–Kier alpha value is -1.76. The van der Waals surface area contributed by atoms with Crippen LogP contribution >= 0.6 is 19.5 Å². The second-order valence-electron chi connectivity index (χ2n) is 10.2. The number of esters is 1. The summed E-state index contributed by atoms with van der Waals surface area (Å²) < 4.78 is 37.1. The van der Waals surface area contributed by atoms with Crippen molar-refractivity contribution in [1.29, 1.82) is 0 Å². The van der Waals surface area contributed by atoms with Crippen molar-refractivity contribution in [3.63, 3.8) is 0 Å². The molecule has 12 nitrogen and oxygen atoms in total. The van der Waals surface area contributed by atoms with Crippen LogP contribution in [0.3, 0.4) is 0 Å². The van der Waals surface area contributed by atoms with Gasteiger partial charge in [0.15, 0.2) is 5.12 Å². The number of rotatable bonds is 12. The third-order valence-corrected chi connectivity index (χ3v) is 8.22. The Kier molecular flexibility index (Phi) is 11.3. The molecule has 0 aliphatic carbocycles. The number of hydrogen-bond donors (Lipinski definition) is 2. The Morgan fingerprint density at radius 2 is 1.95 bits per heavy atom. The van der Waals surface area contributed by atoms with Crippen LogP contribution < -0.4 is 16.3 Å². The van der Waals surface area contributed by atoms with Gasteiger partial charge in [-0.25, -0.2) is 14.4 Å². The van der Waals surface area contributed by atoms with Crippen LogP contribution in [0.25, 0.3) is 0 Å². The Balaban J connectivity index is 2.05. The smallest absolute Gasteiger partial charge is 0.406 e. The van der Waals surface area contributed by atoms with E-state index in [1.807, 2.05) is 6.92 Å². The number of nitrogens with one attached hydrogen (secondary N) is 2. The van der Waals surface area contributed by atoms with E-state index in [0.717, 1.165) is 11.8 Å². The number of thioether (sulfide) groups is 1. The van der Waals surface area contributed by atoms with E-state index in [9.17, 15) is 23.7 Å². The summed E-state index contributed by atoms with van der Waals surface area (Å²) in [6.07, 6.45) is 0.300. The number of aromatic amines is 1. The lowest BCUT2D eigenvalue weighted by atomic mass is 10.00. The fourth-order valence-corrected chi connectivity index (χ4v) is 5.82. The van der Waals surface area contributed by atoms with E-state index >= 15 is 0 Å². The van der Waals surface area contributed by atoms with E-state index in [0.29, 0.717) is 6.42 Å². The molecule has 2 heterocycles. The Morgan fingerprint density at radius 3 is 2.54 bits per heavy atom. The van der Waals surface area contributed by atoms with Crippen LogP contribution in [0.5, 0.6) is 0 Å². The maximum absolute atomic E-state index is 13.5. The first kappa shape index (κ1) is 31.5. The predicted molar refractivity (Wildman–Crippen MR) is 139 cm³/mol. The molecule has 1 fully saturated rings. The standard InChI is InChI=1S/C23H38N3O9PS/c1-14(2)34-20(28)16(4)25-36(31,32-10-11-37-21(29)23(5,6)7)33-13-17-12-15(3)19(35-17)26-9-8-18(27)24-22(26)30/h8-9,14-17,19H,10-13H2,1-7H3,(H,25,31)(H,24,27,30)/t15-,16+,17-,19+,36?/m0/s1. The van der Waals surface area contributed by atoms with Crippen LogP contribution in [-0.2, 0) is 32.7 Å². The molecule has 1 aromatic heterocycles. The van der Waals surface area contributed by atoms with Crippen LogP contribution in [0.1, 0.15) is 61.1 Å². The van der Waals surface area contributed by atoms with Gasteiger partial charge in [-0.1, -0.05) is 39.5 Å². The molecule has 1 unspecified atom stereocenters. The molecule has 14 heteroatoms. The Bertz CT molecular complexity index is 1100. The van der Waals surface area contributed by atoms with Crippen LogP contribution in [0.15, 0.2) is 21.9 Å². The Morgan fingerprint density at radius 1 is 1.27 bits per heavy atom. The second-order valence-corrected chi connectivity index (χ2v) is 13.1. The van der Waals surface area contributed by atoms with Gasteiger partial charge in [0, 0.05) is 29.3 Å². The van der Waals surface area contributed by atoms with Crippen LogP contribution in [0, 0.1) is 11.3 Å². The summed E-state index contributed by atoms with van der Waals surface area (Å²) in [5, 5.41) is 2.57. The monoisotopic (exact) mass is 563 g/mol. The van der Waals surface area contributed by atoms with Crippen molar-refractivity contribution in [2.45, 2.75) is 79.4 Å². The van der Waals surface area contributed by atoms with Crippen molar-refractivity contribution in [2.75, 3.05) is 19.0 Å². The minimum Gasteiger partial charge on any atom is -0.462 e. The molecule has 0 saturated carbocycles. The molecule has 210 valence electrons. The first-order valence-corrected chi connectivity index (χ1v) is 14.7. The molecule has 0 spiro atoms. The van der Waals surface area contributed by atoms with Crippen molar-refractivity contribution in [2.24, 2.45) is 11.3 Å². The van der Waals surface area contributed by atoms with Gasteiger partial charge in [-0.2, -0.15) is 0 Å². The number of aromatic nitrogens is 2. The lowest BCUT2D eigenvalue weighted by Gasteiger charge is -2.24. The fraction of sp³-hybridized carbons (Fsp3) is 0.739. The zero-order valence-corrected chi connectivity index (χ0v) is 24.1. The highest BCUT2D eigenvalue weighted by atomic mass is 32.2. The molecule has 37 heavy (non-hydrogen) atoms. The minimum atomic E-state index is -4.02. The molecular weight excluding hydrogens is 525 g/mol. The molecule has 0 amide bonds. The van der Waals surface area contributed by atoms with E-state index in [1.165, 1.54) is 23.8 Å². The summed E-state index contributed by atoms with van der Waals surface area (Å²) in [5.74, 6) is -0.488. The largest absolute Gasteiger partial charge is 0.462 e. The van der Waals surface area contributed by atoms with E-state index in [1.54, 1.807) is 34.6 Å². The molecule has 5 atom stereocenters. The van der Waals surface area contributed by atoms with Crippen LogP contribution in [0.2, 0.25) is 0 Å². The Labute approximate surface area is 220 Å². The average molecular weight is 564 g/mol. The van der Waals surface area contributed by atoms with Gasteiger partial charge in [-0.05, 0) is 27.2 Å². The van der Waals surface area contributed by atoms with E-state index in [4.69, 9.17) is 18.5 Å². The molecule has 0 bridgehead atoms. The lowest BCUT2D eigenvalue weighted by Crippen LogP contribution is -2.36. The average Bonchev–Trinajstić information content (AvgIpc) is 3.14. The third-order valence-electron chi connectivity index (χ3n) is 5.26. The van der Waals surface area contributed by atoms with Gasteiger partial charge in [-0.15, -0.1) is 0 Å². The summed E-state index contributed by atoms with van der Waals surface area (Å²) >= 11 is 1.06. The van der Waals surface area contributed by atoms with Gasteiger partial charge < -0.3 is 9.47 Å². The maximum atomic E-state index is 13.5. The predicted octanol–water partition coefficient (Wildman–Crippen LogP) is 2.84. The molecule has 2 N–H and O–H groups in total. The molecule has 1 aliphatic heterocycles. The zero-order chi connectivity index (χ0) is 28.0. The number of hydrogen-bond acceptors (Lipinski definition) is 10. The normalized spacial score (nSPS) is 22.5. The fourth-order valence-electron chi connectivity index (χ4n) is 3.42. The minimum absolute atomic E-state index is 0.0365. The highest BCUT2D eigenvalue weighted by Gasteiger charge is 2.37. The van der Waals surface area contributed by atoms with Crippen molar-refractivity contribution < 1.29 is 32.7 Å². The van der Waals surface area contributed by atoms with Gasteiger partial charge in [0.05, 0.1) is 25.4 Å². The number of carbonyl (C=O) groups is 2. The summed E-state index contributed by atoms with van der Waals surface area (Å²) in [6.45, 7) is 11.9. The third kappa shape index (κ3) is 9.81. The number of nitrogens with zero attached hydrogens (tertiary/aromatic N) is 1. The van der Waals surface area contributed by atoms with E-state index in [2.05, 4.69) is 10.1 Å². The van der Waals surface area contributed by atoms with Gasteiger partial charge in [0.2, 0.25) is 0 Å². The first-order valence-electron chi connectivity index (χ1n) is 12.1. The van der Waals surface area contributed by atoms with Crippen molar-refractivity contribution >= 4 is 30.6 Å². The van der Waals surface area contributed by atoms with Gasteiger partial charge in [0.25, 0.3) is 5.56 Å². The quantitative estimate of drug-likeness (QED) is 0.219. The molecule has 1 aliphatic rings. The van der Waals surface area contributed by atoms with Crippen molar-refractivity contribution in [1.82, 2.24) is 14.6 Å². The second kappa shape index (κ2) is 13.3. The SMILES string of the molecule is CC(C)OC(=O)[C@@H](C)NP(=O)(OCCSC(=O)C(C)(C)C)OC[C@@H]1C[C@H](C)[C@H](n2ccc(=O)[nH]c2=O)O1. The lowest BCUT2D eigenvalue weighted by molar-refractivity contribution is -0.149. The number of ether oxygens (including phenoxy) is 2. The molecule has 0 aromatic carbocycles. The van der Waals surface area contributed by atoms with Crippen molar-refractivity contribution in [3.8, 4) is 0 Å². The number of carbonyl (C=O) groups excluding carboxylic acids is 2. The number of H-pyrrole nitrogens is 1. The highest BCUT2D eigenvalue weighted by molar-refractivity contribution is 8.13. The molecule has 2 rings (SSSR count). The summed E-state index contributed by atoms with van der Waals surface area (Å²) in [4.78, 5) is 50.2. The first-order chi connectivity index (χ1) is 17.1.